The molecule has 0 aliphatic heterocycles. The smallest absolute Gasteiger partial charge is 0.263 e. The molecule has 2 rings (SSSR count). The van der Waals surface area contributed by atoms with E-state index < -0.39 is 22.0 Å². The molecule has 1 atom stereocenters. The molecule has 0 aliphatic carbocycles. The standard InChI is InChI=1S/C19H21Cl2N3O4S/c1-4-28-15-10-8-14(9-11-15)24(29(3,26)27)13(2)19(25)23-22-12-16-17(20)6-5-7-18(16)21/h5-13H,4H2,1-3H3,(H,23,25)/b22-12-/t13-/m0/s1. The summed E-state index contributed by atoms with van der Waals surface area (Å²) < 4.78 is 31.0. The lowest BCUT2D eigenvalue weighted by molar-refractivity contribution is -0.121. The highest BCUT2D eigenvalue weighted by atomic mass is 35.5. The molecule has 0 spiro atoms. The lowest BCUT2D eigenvalue weighted by Gasteiger charge is -2.27. The van der Waals surface area contributed by atoms with Gasteiger partial charge >= 0.3 is 0 Å². The Balaban J connectivity index is 2.19. The SMILES string of the molecule is CCOc1ccc(N([C@@H](C)C(=O)N/N=C\c2c(Cl)cccc2Cl)S(C)(=O)=O)cc1. The Hall–Kier alpha value is -2.29. The van der Waals surface area contributed by atoms with E-state index in [2.05, 4.69) is 10.5 Å². The number of ether oxygens (including phenoxy) is 1. The van der Waals surface area contributed by atoms with E-state index in [4.69, 9.17) is 27.9 Å². The van der Waals surface area contributed by atoms with Crippen LogP contribution in [0.2, 0.25) is 10.0 Å². The van der Waals surface area contributed by atoms with Crippen LogP contribution in [0.3, 0.4) is 0 Å². The summed E-state index contributed by atoms with van der Waals surface area (Å²) in [5, 5.41) is 4.59. The Morgan fingerprint density at radius 3 is 2.31 bits per heavy atom. The fourth-order valence-corrected chi connectivity index (χ4v) is 4.22. The molecular formula is C19H21Cl2N3O4S. The number of hydrogen-bond donors (Lipinski definition) is 1. The van der Waals surface area contributed by atoms with Crippen molar-refractivity contribution < 1.29 is 17.9 Å². The third kappa shape index (κ3) is 6.09. The van der Waals surface area contributed by atoms with Crippen LogP contribution < -0.4 is 14.5 Å². The van der Waals surface area contributed by atoms with E-state index in [1.807, 2.05) is 6.92 Å². The van der Waals surface area contributed by atoms with Crippen LogP contribution in [0.1, 0.15) is 19.4 Å². The molecule has 0 heterocycles. The van der Waals surface area contributed by atoms with Crippen molar-refractivity contribution in [3.8, 4) is 5.75 Å². The van der Waals surface area contributed by atoms with E-state index in [-0.39, 0.29) is 0 Å². The predicted octanol–water partition coefficient (Wildman–Crippen LogP) is 3.70. The highest BCUT2D eigenvalue weighted by molar-refractivity contribution is 7.92. The van der Waals surface area contributed by atoms with Gasteiger partial charge in [0.25, 0.3) is 5.91 Å². The molecule has 0 fully saturated rings. The minimum absolute atomic E-state index is 0.330. The summed E-state index contributed by atoms with van der Waals surface area (Å²) in [7, 11) is -3.74. The Morgan fingerprint density at radius 1 is 1.21 bits per heavy atom. The predicted molar refractivity (Wildman–Crippen MR) is 117 cm³/mol. The number of anilines is 1. The summed E-state index contributed by atoms with van der Waals surface area (Å²) >= 11 is 12.1. The minimum Gasteiger partial charge on any atom is -0.494 e. The number of carbonyl (C=O) groups excluding carboxylic acids is 1. The molecule has 2 aromatic carbocycles. The van der Waals surface area contributed by atoms with Crippen LogP contribution in [0.25, 0.3) is 0 Å². The lowest BCUT2D eigenvalue weighted by Crippen LogP contribution is -2.46. The van der Waals surface area contributed by atoms with Crippen molar-refractivity contribution in [2.75, 3.05) is 17.2 Å². The highest BCUT2D eigenvalue weighted by Gasteiger charge is 2.29. The van der Waals surface area contributed by atoms with Crippen LogP contribution in [0.4, 0.5) is 5.69 Å². The second-order valence-corrected chi connectivity index (χ2v) is 8.71. The van der Waals surface area contributed by atoms with Crippen molar-refractivity contribution in [1.82, 2.24) is 5.43 Å². The average Bonchev–Trinajstić information content (AvgIpc) is 2.64. The normalized spacial score (nSPS) is 12.6. The van der Waals surface area contributed by atoms with Gasteiger partial charge in [-0.1, -0.05) is 29.3 Å². The van der Waals surface area contributed by atoms with Crippen LogP contribution >= 0.6 is 23.2 Å². The topological polar surface area (TPSA) is 88.1 Å². The molecular weight excluding hydrogens is 437 g/mol. The second-order valence-electron chi connectivity index (χ2n) is 6.03. The first kappa shape index (κ1) is 23.0. The monoisotopic (exact) mass is 457 g/mol. The molecule has 2 aromatic rings. The number of rotatable bonds is 8. The Morgan fingerprint density at radius 2 is 1.79 bits per heavy atom. The largest absolute Gasteiger partial charge is 0.494 e. The van der Waals surface area contributed by atoms with Gasteiger partial charge in [-0.3, -0.25) is 9.10 Å². The van der Waals surface area contributed by atoms with Crippen molar-refractivity contribution in [2.24, 2.45) is 5.10 Å². The molecule has 0 saturated carbocycles. The van der Waals surface area contributed by atoms with E-state index in [0.717, 1.165) is 10.6 Å². The van der Waals surface area contributed by atoms with E-state index in [9.17, 15) is 13.2 Å². The average molecular weight is 458 g/mol. The van der Waals surface area contributed by atoms with Crippen LogP contribution in [-0.4, -0.2) is 39.4 Å². The number of nitrogens with zero attached hydrogens (tertiary/aromatic N) is 2. The molecule has 156 valence electrons. The summed E-state index contributed by atoms with van der Waals surface area (Å²) in [6.07, 6.45) is 2.33. The maximum Gasteiger partial charge on any atom is 0.263 e. The molecule has 0 bridgehead atoms. The maximum atomic E-state index is 12.5. The second kappa shape index (κ2) is 9.96. The van der Waals surface area contributed by atoms with Gasteiger partial charge in [-0.2, -0.15) is 5.10 Å². The Labute approximate surface area is 180 Å². The van der Waals surface area contributed by atoms with Crippen LogP contribution in [0.15, 0.2) is 47.6 Å². The summed E-state index contributed by atoms with van der Waals surface area (Å²) in [6.45, 7) is 3.80. The number of hydrazone groups is 1. The molecule has 0 unspecified atom stereocenters. The van der Waals surface area contributed by atoms with E-state index >= 15 is 0 Å². The van der Waals surface area contributed by atoms with Crippen molar-refractivity contribution in [3.63, 3.8) is 0 Å². The van der Waals surface area contributed by atoms with Crippen LogP contribution in [0.5, 0.6) is 5.75 Å². The van der Waals surface area contributed by atoms with Crippen molar-refractivity contribution >= 4 is 51.0 Å². The molecule has 1 amide bonds. The number of benzene rings is 2. The number of sulfonamides is 1. The summed E-state index contributed by atoms with van der Waals surface area (Å²) in [6, 6.07) is 10.3. The van der Waals surface area contributed by atoms with Crippen molar-refractivity contribution in [2.45, 2.75) is 19.9 Å². The molecule has 0 aliphatic rings. The van der Waals surface area contributed by atoms with E-state index in [1.165, 1.54) is 13.1 Å². The third-order valence-corrected chi connectivity index (χ3v) is 5.76. The minimum atomic E-state index is -3.74. The zero-order valence-electron chi connectivity index (χ0n) is 16.1. The molecule has 0 saturated heterocycles. The fraction of sp³-hybridized carbons (Fsp3) is 0.263. The van der Waals surface area contributed by atoms with Crippen LogP contribution in [0, 0.1) is 0 Å². The Kier molecular flexibility index (Phi) is 7.89. The molecule has 7 nitrogen and oxygen atoms in total. The zero-order chi connectivity index (χ0) is 21.6. The van der Waals surface area contributed by atoms with E-state index in [1.54, 1.807) is 42.5 Å². The number of hydrogen-bond acceptors (Lipinski definition) is 5. The van der Waals surface area contributed by atoms with Crippen molar-refractivity contribution in [1.29, 1.82) is 0 Å². The van der Waals surface area contributed by atoms with Gasteiger partial charge in [0, 0.05) is 5.56 Å². The third-order valence-electron chi connectivity index (χ3n) is 3.86. The van der Waals surface area contributed by atoms with Gasteiger partial charge in [0.2, 0.25) is 10.0 Å². The van der Waals surface area contributed by atoms with Crippen molar-refractivity contribution in [3.05, 3.63) is 58.1 Å². The zero-order valence-corrected chi connectivity index (χ0v) is 18.4. The molecule has 1 N–H and O–H groups in total. The first-order chi connectivity index (χ1) is 13.6. The first-order valence-corrected chi connectivity index (χ1v) is 11.2. The maximum absolute atomic E-state index is 12.5. The van der Waals surface area contributed by atoms with Gasteiger partial charge in [0.15, 0.2) is 0 Å². The first-order valence-electron chi connectivity index (χ1n) is 8.64. The summed E-state index contributed by atoms with van der Waals surface area (Å²) in [4.78, 5) is 12.5. The van der Waals surface area contributed by atoms with Gasteiger partial charge in [0.1, 0.15) is 11.8 Å². The van der Waals surface area contributed by atoms with Gasteiger partial charge in [-0.25, -0.2) is 13.8 Å². The van der Waals surface area contributed by atoms with Gasteiger partial charge in [-0.15, -0.1) is 0 Å². The summed E-state index contributed by atoms with van der Waals surface area (Å²) in [5.74, 6) is -0.0215. The van der Waals surface area contributed by atoms with Gasteiger partial charge in [0.05, 0.1) is 34.8 Å². The number of halogens is 2. The number of nitrogens with one attached hydrogen (secondary N) is 1. The molecule has 29 heavy (non-hydrogen) atoms. The summed E-state index contributed by atoms with van der Waals surface area (Å²) in [5.41, 5.74) is 3.09. The molecule has 0 aromatic heterocycles. The van der Waals surface area contributed by atoms with Gasteiger partial charge in [-0.05, 0) is 50.2 Å². The quantitative estimate of drug-likeness (QED) is 0.483. The Bertz CT molecular complexity index is 975. The lowest BCUT2D eigenvalue weighted by atomic mass is 10.2. The fourth-order valence-electron chi connectivity index (χ4n) is 2.55. The molecule has 10 heteroatoms. The number of amides is 1. The van der Waals surface area contributed by atoms with Gasteiger partial charge < -0.3 is 4.74 Å². The van der Waals surface area contributed by atoms with Crippen LogP contribution in [-0.2, 0) is 14.8 Å². The molecule has 0 radical (unpaired) electrons. The highest BCUT2D eigenvalue weighted by Crippen LogP contribution is 2.24. The van der Waals surface area contributed by atoms with E-state index in [0.29, 0.717) is 33.7 Å². The number of carbonyl (C=O) groups is 1.